The zero-order valence-electron chi connectivity index (χ0n) is 20.1. The molecule has 5 rings (SSSR count). The summed E-state index contributed by atoms with van der Waals surface area (Å²) < 4.78 is 55.9. The molecule has 196 valence electrons. The molecule has 1 unspecified atom stereocenters. The fourth-order valence-electron chi connectivity index (χ4n) is 3.60. The molecule has 0 aliphatic carbocycles. The number of carbonyl (C=O) groups excluding carboxylic acids is 1. The van der Waals surface area contributed by atoms with Gasteiger partial charge < -0.3 is 19.3 Å². The molecule has 4 aromatic heterocycles. The van der Waals surface area contributed by atoms with Crippen LogP contribution in [0.15, 0.2) is 53.2 Å². The number of fused-ring (bicyclic) bond motifs is 3. The number of alkyl halides is 3. The summed E-state index contributed by atoms with van der Waals surface area (Å²) in [6.45, 7) is 1.08. The molecule has 1 N–H and O–H groups in total. The summed E-state index contributed by atoms with van der Waals surface area (Å²) >= 11 is 0. The summed E-state index contributed by atoms with van der Waals surface area (Å²) in [6, 6.07) is 9.90. The van der Waals surface area contributed by atoms with Crippen LogP contribution in [0.2, 0.25) is 0 Å². The lowest BCUT2D eigenvalue weighted by molar-refractivity contribution is -0.149. The van der Waals surface area contributed by atoms with Gasteiger partial charge >= 0.3 is 6.18 Å². The van der Waals surface area contributed by atoms with Crippen LogP contribution in [0.25, 0.3) is 27.9 Å². The predicted molar refractivity (Wildman–Crippen MR) is 126 cm³/mol. The SMILES string of the molecule is COCc1cc(-c2nnc3c4ccccc4c(OCc4ccc(C(=O)NC(C)C(F)(F)F)cn4)nn23)no1. The topological polar surface area (TPSA) is 130 Å². The molecular formula is C24H20F3N7O4. The van der Waals surface area contributed by atoms with E-state index in [9.17, 15) is 18.0 Å². The normalized spacial score (nSPS) is 12.7. The van der Waals surface area contributed by atoms with E-state index in [4.69, 9.17) is 14.0 Å². The van der Waals surface area contributed by atoms with E-state index in [2.05, 4.69) is 25.4 Å². The third-order valence-corrected chi connectivity index (χ3v) is 5.59. The van der Waals surface area contributed by atoms with Crippen molar-refractivity contribution in [3.63, 3.8) is 0 Å². The second-order valence-electron chi connectivity index (χ2n) is 8.28. The molecule has 0 aliphatic rings. The summed E-state index contributed by atoms with van der Waals surface area (Å²) in [6.07, 6.45) is -3.36. The Kier molecular flexibility index (Phi) is 6.63. The number of benzene rings is 1. The van der Waals surface area contributed by atoms with E-state index in [1.165, 1.54) is 30.0 Å². The maximum absolute atomic E-state index is 12.7. The Morgan fingerprint density at radius 1 is 1.13 bits per heavy atom. The molecule has 38 heavy (non-hydrogen) atoms. The first-order valence-electron chi connectivity index (χ1n) is 11.3. The molecule has 0 fully saturated rings. The quantitative estimate of drug-likeness (QED) is 0.321. The van der Waals surface area contributed by atoms with Gasteiger partial charge in [0.2, 0.25) is 11.7 Å². The first-order valence-corrected chi connectivity index (χ1v) is 11.3. The van der Waals surface area contributed by atoms with Crippen LogP contribution in [0, 0.1) is 0 Å². The van der Waals surface area contributed by atoms with Crippen molar-refractivity contribution in [3.05, 3.63) is 65.7 Å². The third kappa shape index (κ3) is 4.98. The van der Waals surface area contributed by atoms with E-state index >= 15 is 0 Å². The number of nitrogens with zero attached hydrogens (tertiary/aromatic N) is 6. The zero-order chi connectivity index (χ0) is 26.9. The monoisotopic (exact) mass is 527 g/mol. The second kappa shape index (κ2) is 10.0. The van der Waals surface area contributed by atoms with Gasteiger partial charge in [-0.2, -0.15) is 17.7 Å². The lowest BCUT2D eigenvalue weighted by atomic mass is 10.2. The first-order chi connectivity index (χ1) is 18.2. The van der Waals surface area contributed by atoms with Crippen LogP contribution in [-0.4, -0.2) is 55.2 Å². The van der Waals surface area contributed by atoms with Gasteiger partial charge in [0.05, 0.1) is 11.3 Å². The third-order valence-electron chi connectivity index (χ3n) is 5.59. The molecule has 4 heterocycles. The fourth-order valence-corrected chi connectivity index (χ4v) is 3.60. The number of halogens is 3. The Labute approximate surface area is 212 Å². The van der Waals surface area contributed by atoms with Crippen LogP contribution in [0.4, 0.5) is 13.2 Å². The Bertz CT molecular complexity index is 1600. The van der Waals surface area contributed by atoms with E-state index in [1.54, 1.807) is 6.07 Å². The van der Waals surface area contributed by atoms with E-state index in [-0.39, 0.29) is 24.7 Å². The molecule has 0 aliphatic heterocycles. The van der Waals surface area contributed by atoms with Gasteiger partial charge in [0, 0.05) is 30.1 Å². The van der Waals surface area contributed by atoms with E-state index in [0.29, 0.717) is 34.0 Å². The van der Waals surface area contributed by atoms with Crippen LogP contribution >= 0.6 is 0 Å². The number of nitrogens with one attached hydrogen (secondary N) is 1. The highest BCUT2D eigenvalue weighted by atomic mass is 19.4. The van der Waals surface area contributed by atoms with Crippen molar-refractivity contribution in [2.45, 2.75) is 32.4 Å². The molecule has 11 nitrogen and oxygen atoms in total. The molecule has 0 saturated carbocycles. The molecule has 1 amide bonds. The van der Waals surface area contributed by atoms with Crippen molar-refractivity contribution in [1.82, 2.24) is 35.3 Å². The number of carbonyl (C=O) groups is 1. The molecule has 0 saturated heterocycles. The zero-order valence-corrected chi connectivity index (χ0v) is 20.1. The number of pyridine rings is 1. The maximum atomic E-state index is 12.7. The minimum atomic E-state index is -4.54. The fraction of sp³-hybridized carbons (Fsp3) is 0.250. The van der Waals surface area contributed by atoms with Gasteiger partial charge in [0.15, 0.2) is 17.1 Å². The largest absolute Gasteiger partial charge is 0.470 e. The van der Waals surface area contributed by atoms with Gasteiger partial charge in [-0.15, -0.1) is 15.3 Å². The van der Waals surface area contributed by atoms with Crippen molar-refractivity contribution in [2.24, 2.45) is 0 Å². The minimum absolute atomic E-state index is 0.00979. The van der Waals surface area contributed by atoms with Gasteiger partial charge in [-0.05, 0) is 25.1 Å². The number of hydrogen-bond donors (Lipinski definition) is 1. The Hall–Kier alpha value is -4.59. The molecule has 5 aromatic rings. The van der Waals surface area contributed by atoms with E-state index < -0.39 is 18.1 Å². The highest BCUT2D eigenvalue weighted by molar-refractivity contribution is 5.97. The van der Waals surface area contributed by atoms with Crippen molar-refractivity contribution in [3.8, 4) is 17.4 Å². The summed E-state index contributed by atoms with van der Waals surface area (Å²) in [7, 11) is 1.54. The molecule has 1 aromatic carbocycles. The van der Waals surface area contributed by atoms with Gasteiger partial charge in [0.25, 0.3) is 5.91 Å². The maximum Gasteiger partial charge on any atom is 0.408 e. The van der Waals surface area contributed by atoms with Crippen molar-refractivity contribution in [2.75, 3.05) is 7.11 Å². The number of ether oxygens (including phenoxy) is 2. The average molecular weight is 527 g/mol. The Balaban J connectivity index is 1.39. The van der Waals surface area contributed by atoms with Gasteiger partial charge in [-0.3, -0.25) is 9.78 Å². The van der Waals surface area contributed by atoms with Crippen LogP contribution in [0.1, 0.15) is 28.7 Å². The predicted octanol–water partition coefficient (Wildman–Crippen LogP) is 3.73. The summed E-state index contributed by atoms with van der Waals surface area (Å²) in [4.78, 5) is 16.2. The van der Waals surface area contributed by atoms with Crippen LogP contribution in [-0.2, 0) is 18.0 Å². The Morgan fingerprint density at radius 2 is 1.92 bits per heavy atom. The van der Waals surface area contributed by atoms with Crippen molar-refractivity contribution in [1.29, 1.82) is 0 Å². The molecule has 1 atom stereocenters. The van der Waals surface area contributed by atoms with Gasteiger partial charge in [-0.25, -0.2) is 0 Å². The van der Waals surface area contributed by atoms with E-state index in [1.807, 2.05) is 29.6 Å². The van der Waals surface area contributed by atoms with Crippen molar-refractivity contribution >= 4 is 22.3 Å². The highest BCUT2D eigenvalue weighted by Gasteiger charge is 2.37. The number of hydrogen-bond acceptors (Lipinski definition) is 9. The minimum Gasteiger partial charge on any atom is -0.470 e. The van der Waals surface area contributed by atoms with Crippen LogP contribution in [0.3, 0.4) is 0 Å². The molecule has 14 heteroatoms. The van der Waals surface area contributed by atoms with E-state index in [0.717, 1.165) is 12.3 Å². The number of amides is 1. The smallest absolute Gasteiger partial charge is 0.408 e. The van der Waals surface area contributed by atoms with Gasteiger partial charge in [-0.1, -0.05) is 23.4 Å². The average Bonchev–Trinajstić information content (AvgIpc) is 3.54. The molecule has 0 bridgehead atoms. The number of methoxy groups -OCH3 is 1. The second-order valence-corrected chi connectivity index (χ2v) is 8.28. The van der Waals surface area contributed by atoms with Crippen LogP contribution < -0.4 is 10.1 Å². The molecular weight excluding hydrogens is 507 g/mol. The Morgan fingerprint density at radius 3 is 2.63 bits per heavy atom. The highest BCUT2D eigenvalue weighted by Crippen LogP contribution is 2.29. The molecule has 0 spiro atoms. The lowest BCUT2D eigenvalue weighted by Gasteiger charge is -2.17. The number of aromatic nitrogens is 6. The molecule has 0 radical (unpaired) electrons. The summed E-state index contributed by atoms with van der Waals surface area (Å²) in [5, 5.41) is 20.4. The lowest BCUT2D eigenvalue weighted by Crippen LogP contribution is -2.43. The standard InChI is InChI=1S/C24H20F3N7O4/c1-13(24(25,26)27)29-22(35)14-7-8-15(28-10-14)11-37-23-18-6-4-3-5-17(18)20-30-31-21(34(20)32-23)19-9-16(12-36-2)38-33-19/h3-10,13H,11-12H2,1-2H3,(H,29,35). The summed E-state index contributed by atoms with van der Waals surface area (Å²) in [5.74, 6) is 0.225. The summed E-state index contributed by atoms with van der Waals surface area (Å²) in [5.41, 5.74) is 1.32. The number of rotatable bonds is 8. The van der Waals surface area contributed by atoms with Crippen molar-refractivity contribution < 1.29 is 32.0 Å². The first kappa shape index (κ1) is 25.1. The van der Waals surface area contributed by atoms with Gasteiger partial charge in [0.1, 0.15) is 19.3 Å². The van der Waals surface area contributed by atoms with Crippen LogP contribution in [0.5, 0.6) is 5.88 Å².